The first-order chi connectivity index (χ1) is 13.3. The molecule has 0 saturated carbocycles. The van der Waals surface area contributed by atoms with Crippen molar-refractivity contribution in [2.75, 3.05) is 0 Å². The van der Waals surface area contributed by atoms with E-state index in [9.17, 15) is 18.4 Å². The molecule has 1 aromatic carbocycles. The topological polar surface area (TPSA) is 68.9 Å². The molecule has 0 aliphatic carbocycles. The van der Waals surface area contributed by atoms with Crippen molar-refractivity contribution in [2.45, 2.75) is 45.2 Å². The number of nitriles is 1. The van der Waals surface area contributed by atoms with Gasteiger partial charge in [0.15, 0.2) is 5.70 Å². The zero-order chi connectivity index (χ0) is 20.5. The van der Waals surface area contributed by atoms with E-state index in [0.717, 1.165) is 17.5 Å². The number of benzene rings is 1. The lowest BCUT2D eigenvalue weighted by Crippen LogP contribution is -2.33. The molecule has 3 rings (SSSR count). The Hall–Kier alpha value is -3.26. The van der Waals surface area contributed by atoms with E-state index < -0.39 is 23.4 Å². The van der Waals surface area contributed by atoms with Gasteiger partial charge < -0.3 is 5.32 Å². The molecule has 0 spiro atoms. The van der Waals surface area contributed by atoms with Crippen LogP contribution in [-0.4, -0.2) is 16.4 Å². The summed E-state index contributed by atoms with van der Waals surface area (Å²) in [6.45, 7) is 11.3. The maximum absolute atomic E-state index is 13.7. The van der Waals surface area contributed by atoms with Gasteiger partial charge in [-0.1, -0.05) is 19.4 Å². The van der Waals surface area contributed by atoms with E-state index in [-0.39, 0.29) is 11.4 Å². The van der Waals surface area contributed by atoms with Crippen LogP contribution in [0.15, 0.2) is 40.9 Å². The summed E-state index contributed by atoms with van der Waals surface area (Å²) < 4.78 is 41.0. The monoisotopic (exact) mass is 385 g/mol. The predicted molar refractivity (Wildman–Crippen MR) is 98.6 cm³/mol. The molecule has 2 N–H and O–H groups in total. The second-order valence-corrected chi connectivity index (χ2v) is 6.66. The van der Waals surface area contributed by atoms with Crippen molar-refractivity contribution >= 4 is 10.9 Å². The number of aromatic amines is 1. The van der Waals surface area contributed by atoms with Crippen molar-refractivity contribution in [3.8, 4) is 6.07 Å². The molecular formula is C20H18F3N5. The van der Waals surface area contributed by atoms with Crippen molar-refractivity contribution < 1.29 is 13.2 Å². The molecule has 1 aromatic heterocycles. The van der Waals surface area contributed by atoms with Gasteiger partial charge in [-0.3, -0.25) is 5.10 Å². The number of unbranched alkanes of at least 4 members (excludes halogenated alkanes) is 1. The highest BCUT2D eigenvalue weighted by atomic mass is 19.4. The van der Waals surface area contributed by atoms with Crippen LogP contribution in [0.2, 0.25) is 0 Å². The van der Waals surface area contributed by atoms with Crippen molar-refractivity contribution in [2.24, 2.45) is 0 Å². The van der Waals surface area contributed by atoms with Crippen LogP contribution in [0.3, 0.4) is 0 Å². The molecule has 0 bridgehead atoms. The van der Waals surface area contributed by atoms with Crippen molar-refractivity contribution in [1.29, 1.82) is 5.26 Å². The van der Waals surface area contributed by atoms with E-state index in [1.165, 1.54) is 0 Å². The van der Waals surface area contributed by atoms with Crippen molar-refractivity contribution in [3.05, 3.63) is 63.5 Å². The summed E-state index contributed by atoms with van der Waals surface area (Å²) in [6, 6.07) is 6.73. The van der Waals surface area contributed by atoms with E-state index in [4.69, 9.17) is 6.57 Å². The number of hydrogen-bond acceptors (Lipinski definition) is 3. The average molecular weight is 385 g/mol. The Morgan fingerprint density at radius 3 is 2.71 bits per heavy atom. The van der Waals surface area contributed by atoms with Crippen LogP contribution in [0.4, 0.5) is 13.2 Å². The molecule has 2 heterocycles. The Labute approximate surface area is 160 Å². The minimum absolute atomic E-state index is 0.137. The third kappa shape index (κ3) is 3.34. The number of halogens is 3. The smallest absolute Gasteiger partial charge is 0.364 e. The van der Waals surface area contributed by atoms with Gasteiger partial charge in [0, 0.05) is 16.8 Å². The SMILES string of the molecule is [C-]#[N+]C1=C(CCCC)NC(C(F)(F)F)=C(C#N)C1c1ccc2n[nH]c(C)c2c1. The second-order valence-electron chi connectivity index (χ2n) is 6.66. The van der Waals surface area contributed by atoms with Crippen LogP contribution in [0.1, 0.15) is 43.4 Å². The standard InChI is InChI=1S/C20H18F3N5/c1-4-5-6-16-18(25-3)17(14(10-24)19(26-16)20(21,22)23)12-7-8-15-13(9-12)11(2)27-28-15/h7-9,17,26H,4-6H2,1-2H3,(H,27,28). The predicted octanol–water partition coefficient (Wildman–Crippen LogP) is 5.22. The number of allylic oxidation sites excluding steroid dienone is 3. The molecule has 144 valence electrons. The van der Waals surface area contributed by atoms with Gasteiger partial charge in [0.2, 0.25) is 0 Å². The Kier molecular flexibility index (Phi) is 5.15. The van der Waals surface area contributed by atoms with E-state index in [1.807, 2.05) is 13.8 Å². The summed E-state index contributed by atoms with van der Waals surface area (Å²) in [5.74, 6) is -1.06. The number of nitrogens with one attached hydrogen (secondary N) is 2. The van der Waals surface area contributed by atoms with Gasteiger partial charge in [0.1, 0.15) is 5.70 Å². The number of hydrogen-bond donors (Lipinski definition) is 2. The number of aryl methyl sites for hydroxylation is 1. The summed E-state index contributed by atoms with van der Waals surface area (Å²) in [5.41, 5.74) is 0.714. The van der Waals surface area contributed by atoms with Crippen molar-refractivity contribution in [3.63, 3.8) is 0 Å². The first kappa shape index (κ1) is 19.5. The van der Waals surface area contributed by atoms with Gasteiger partial charge in [-0.2, -0.15) is 23.5 Å². The van der Waals surface area contributed by atoms with Crippen molar-refractivity contribution in [1.82, 2.24) is 15.5 Å². The van der Waals surface area contributed by atoms with Crippen LogP contribution < -0.4 is 5.32 Å². The van der Waals surface area contributed by atoms with E-state index in [2.05, 4.69) is 20.4 Å². The summed E-state index contributed by atoms with van der Waals surface area (Å²) in [7, 11) is 0. The number of nitrogens with zero attached hydrogens (tertiary/aromatic N) is 3. The van der Waals surface area contributed by atoms with E-state index >= 15 is 0 Å². The van der Waals surface area contributed by atoms with Gasteiger partial charge in [-0.15, -0.1) is 0 Å². The van der Waals surface area contributed by atoms with Gasteiger partial charge >= 0.3 is 6.18 Å². The minimum Gasteiger partial charge on any atom is -0.364 e. The number of aromatic nitrogens is 2. The molecule has 0 amide bonds. The fourth-order valence-electron chi connectivity index (χ4n) is 3.42. The molecule has 1 aliphatic heterocycles. The Morgan fingerprint density at radius 1 is 1.36 bits per heavy atom. The van der Waals surface area contributed by atoms with Crippen LogP contribution >= 0.6 is 0 Å². The lowest BCUT2D eigenvalue weighted by atomic mass is 9.83. The Morgan fingerprint density at radius 2 is 2.11 bits per heavy atom. The summed E-state index contributed by atoms with van der Waals surface area (Å²) in [6.07, 6.45) is -2.99. The normalized spacial score (nSPS) is 17.5. The molecular weight excluding hydrogens is 367 g/mol. The van der Waals surface area contributed by atoms with Gasteiger partial charge in [-0.05, 0) is 37.5 Å². The summed E-state index contributed by atoms with van der Waals surface area (Å²) in [4.78, 5) is 3.54. The lowest BCUT2D eigenvalue weighted by Gasteiger charge is -2.30. The Bertz CT molecular complexity index is 1060. The molecule has 0 radical (unpaired) electrons. The number of H-pyrrole nitrogens is 1. The first-order valence-corrected chi connectivity index (χ1v) is 8.85. The van der Waals surface area contributed by atoms with Crippen LogP contribution in [0.25, 0.3) is 15.7 Å². The average Bonchev–Trinajstić information content (AvgIpc) is 3.04. The Balaban J connectivity index is 2.26. The molecule has 28 heavy (non-hydrogen) atoms. The molecule has 8 heteroatoms. The third-order valence-electron chi connectivity index (χ3n) is 4.82. The quantitative estimate of drug-likeness (QED) is 0.709. The molecule has 0 saturated heterocycles. The zero-order valence-corrected chi connectivity index (χ0v) is 15.4. The maximum atomic E-state index is 13.7. The maximum Gasteiger partial charge on any atom is 0.432 e. The molecule has 1 atom stereocenters. The lowest BCUT2D eigenvalue weighted by molar-refractivity contribution is -0.0970. The fraction of sp³-hybridized carbons (Fsp3) is 0.350. The molecule has 1 aliphatic rings. The molecule has 5 nitrogen and oxygen atoms in total. The first-order valence-electron chi connectivity index (χ1n) is 8.85. The van der Waals surface area contributed by atoms with Crippen LogP contribution in [-0.2, 0) is 0 Å². The number of rotatable bonds is 4. The summed E-state index contributed by atoms with van der Waals surface area (Å²) in [5, 5.41) is 19.6. The fourth-order valence-corrected chi connectivity index (χ4v) is 3.42. The second kappa shape index (κ2) is 7.40. The highest BCUT2D eigenvalue weighted by Gasteiger charge is 2.44. The van der Waals surface area contributed by atoms with Gasteiger partial charge in [0.05, 0.1) is 29.6 Å². The van der Waals surface area contributed by atoms with Crippen LogP contribution in [0, 0.1) is 24.8 Å². The third-order valence-corrected chi connectivity index (χ3v) is 4.82. The van der Waals surface area contributed by atoms with Gasteiger partial charge in [0.25, 0.3) is 0 Å². The highest BCUT2D eigenvalue weighted by Crippen LogP contribution is 2.44. The minimum atomic E-state index is -4.72. The van der Waals surface area contributed by atoms with E-state index in [0.29, 0.717) is 23.9 Å². The number of alkyl halides is 3. The molecule has 2 aromatic rings. The molecule has 1 unspecified atom stereocenters. The highest BCUT2D eigenvalue weighted by molar-refractivity contribution is 5.82. The van der Waals surface area contributed by atoms with E-state index in [1.54, 1.807) is 24.3 Å². The van der Waals surface area contributed by atoms with Crippen LogP contribution in [0.5, 0.6) is 0 Å². The number of fused-ring (bicyclic) bond motifs is 1. The molecule has 0 fully saturated rings. The number of dihydropyridines is 1. The summed E-state index contributed by atoms with van der Waals surface area (Å²) >= 11 is 0. The van der Waals surface area contributed by atoms with Gasteiger partial charge in [-0.25, -0.2) is 4.85 Å². The zero-order valence-electron chi connectivity index (χ0n) is 15.4. The largest absolute Gasteiger partial charge is 0.432 e.